The number of aromatic nitrogens is 1. The number of nitrogens with one attached hydrogen (secondary N) is 1. The molecular formula is C22H26N2O3. The van der Waals surface area contributed by atoms with E-state index in [4.69, 9.17) is 9.47 Å². The third-order valence-corrected chi connectivity index (χ3v) is 5.50. The number of aromatic amines is 1. The van der Waals surface area contributed by atoms with Gasteiger partial charge in [0.1, 0.15) is 6.61 Å². The van der Waals surface area contributed by atoms with E-state index in [1.165, 1.54) is 24.0 Å². The summed E-state index contributed by atoms with van der Waals surface area (Å²) >= 11 is 0. The lowest BCUT2D eigenvalue weighted by atomic mass is 9.90. The first-order valence-corrected chi connectivity index (χ1v) is 9.60. The number of rotatable bonds is 5. The third kappa shape index (κ3) is 4.25. The number of nitrogens with zero attached hydrogens (tertiary/aromatic N) is 1. The van der Waals surface area contributed by atoms with Gasteiger partial charge < -0.3 is 14.5 Å². The second-order valence-corrected chi connectivity index (χ2v) is 7.45. The van der Waals surface area contributed by atoms with Crippen LogP contribution in [0.15, 0.2) is 46.9 Å². The first kappa shape index (κ1) is 17.9. The van der Waals surface area contributed by atoms with Crippen LogP contribution in [0.4, 0.5) is 0 Å². The van der Waals surface area contributed by atoms with E-state index in [9.17, 15) is 4.79 Å². The molecule has 2 aromatic rings. The standard InChI is InChI=1S/C22H26N2O3/c1-26-20-4-2-3-19-12-18(15-27-22(19)20)14-24-9-7-16(8-10-24)11-17-5-6-21(25)23-13-17/h2-6,12-13,16H,7-11,14-15H2,1H3,(H,23,25). The highest BCUT2D eigenvalue weighted by molar-refractivity contribution is 5.66. The van der Waals surface area contributed by atoms with Crippen LogP contribution < -0.4 is 15.0 Å². The lowest BCUT2D eigenvalue weighted by molar-refractivity contribution is 0.190. The van der Waals surface area contributed by atoms with Crippen LogP contribution in [-0.2, 0) is 6.42 Å². The maximum Gasteiger partial charge on any atom is 0.247 e. The predicted molar refractivity (Wildman–Crippen MR) is 106 cm³/mol. The summed E-state index contributed by atoms with van der Waals surface area (Å²) in [6.45, 7) is 3.80. The summed E-state index contributed by atoms with van der Waals surface area (Å²) in [6.07, 6.45) is 7.53. The van der Waals surface area contributed by atoms with Gasteiger partial charge in [0.2, 0.25) is 5.56 Å². The molecule has 5 nitrogen and oxygen atoms in total. The van der Waals surface area contributed by atoms with Crippen LogP contribution in [0.5, 0.6) is 11.5 Å². The molecule has 0 saturated carbocycles. The molecule has 0 aliphatic carbocycles. The second-order valence-electron chi connectivity index (χ2n) is 7.45. The predicted octanol–water partition coefficient (Wildman–Crippen LogP) is 3.11. The van der Waals surface area contributed by atoms with E-state index in [1.807, 2.05) is 24.4 Å². The van der Waals surface area contributed by atoms with Gasteiger partial charge in [-0.2, -0.15) is 0 Å². The molecule has 1 aromatic carbocycles. The molecule has 0 amide bonds. The van der Waals surface area contributed by atoms with Gasteiger partial charge in [0.15, 0.2) is 11.5 Å². The molecule has 0 bridgehead atoms. The molecule has 2 aliphatic rings. The Morgan fingerprint density at radius 2 is 2.07 bits per heavy atom. The number of benzene rings is 1. The van der Waals surface area contributed by atoms with Crippen molar-refractivity contribution in [1.82, 2.24) is 9.88 Å². The van der Waals surface area contributed by atoms with E-state index in [0.29, 0.717) is 12.5 Å². The Morgan fingerprint density at radius 1 is 1.22 bits per heavy atom. The van der Waals surface area contributed by atoms with Crippen LogP contribution in [0.1, 0.15) is 24.0 Å². The second kappa shape index (κ2) is 8.01. The van der Waals surface area contributed by atoms with Crippen LogP contribution in [0.25, 0.3) is 6.08 Å². The number of likely N-dealkylation sites (tertiary alicyclic amines) is 1. The molecular weight excluding hydrogens is 340 g/mol. The highest BCUT2D eigenvalue weighted by Gasteiger charge is 2.22. The van der Waals surface area contributed by atoms with Crippen molar-refractivity contribution in [2.24, 2.45) is 5.92 Å². The fourth-order valence-corrected chi connectivity index (χ4v) is 4.02. The zero-order chi connectivity index (χ0) is 18.6. The zero-order valence-electron chi connectivity index (χ0n) is 15.7. The molecule has 1 saturated heterocycles. The van der Waals surface area contributed by atoms with Gasteiger partial charge in [-0.05, 0) is 61.5 Å². The number of hydrogen-bond acceptors (Lipinski definition) is 4. The Kier molecular flexibility index (Phi) is 5.30. The van der Waals surface area contributed by atoms with Crippen LogP contribution in [-0.4, -0.2) is 43.2 Å². The van der Waals surface area contributed by atoms with Crippen molar-refractivity contribution in [2.75, 3.05) is 33.4 Å². The minimum atomic E-state index is -0.0317. The number of H-pyrrole nitrogens is 1. The maximum absolute atomic E-state index is 11.2. The average molecular weight is 366 g/mol. The summed E-state index contributed by atoms with van der Waals surface area (Å²) < 4.78 is 11.3. The third-order valence-electron chi connectivity index (χ3n) is 5.50. The van der Waals surface area contributed by atoms with E-state index < -0.39 is 0 Å². The highest BCUT2D eigenvalue weighted by atomic mass is 16.5. The summed E-state index contributed by atoms with van der Waals surface area (Å²) in [5.74, 6) is 2.34. The quantitative estimate of drug-likeness (QED) is 0.883. The van der Waals surface area contributed by atoms with Crippen LogP contribution in [0, 0.1) is 5.92 Å². The molecule has 142 valence electrons. The summed E-state index contributed by atoms with van der Waals surface area (Å²) in [5, 5.41) is 0. The molecule has 2 aliphatic heterocycles. The van der Waals surface area contributed by atoms with E-state index in [0.717, 1.165) is 43.1 Å². The van der Waals surface area contributed by atoms with Crippen molar-refractivity contribution in [2.45, 2.75) is 19.3 Å². The number of para-hydroxylation sites is 1. The minimum absolute atomic E-state index is 0.0317. The lowest BCUT2D eigenvalue weighted by Gasteiger charge is -2.33. The van der Waals surface area contributed by atoms with Crippen LogP contribution in [0.3, 0.4) is 0 Å². The molecule has 0 atom stereocenters. The van der Waals surface area contributed by atoms with Crippen molar-refractivity contribution in [1.29, 1.82) is 0 Å². The number of piperidine rings is 1. The van der Waals surface area contributed by atoms with Gasteiger partial charge in [-0.15, -0.1) is 0 Å². The molecule has 0 unspecified atom stereocenters. The average Bonchev–Trinajstić information content (AvgIpc) is 2.70. The Labute approximate surface area is 159 Å². The Balaban J connectivity index is 1.32. The van der Waals surface area contributed by atoms with Gasteiger partial charge in [0, 0.05) is 24.4 Å². The topological polar surface area (TPSA) is 54.6 Å². The van der Waals surface area contributed by atoms with Gasteiger partial charge in [-0.1, -0.05) is 18.2 Å². The fraction of sp³-hybridized carbons (Fsp3) is 0.409. The smallest absolute Gasteiger partial charge is 0.247 e. The molecule has 1 fully saturated rings. The summed E-state index contributed by atoms with van der Waals surface area (Å²) in [7, 11) is 1.68. The van der Waals surface area contributed by atoms with E-state index >= 15 is 0 Å². The monoisotopic (exact) mass is 366 g/mol. The Hall–Kier alpha value is -2.53. The Morgan fingerprint density at radius 3 is 2.81 bits per heavy atom. The summed E-state index contributed by atoms with van der Waals surface area (Å²) in [4.78, 5) is 16.5. The van der Waals surface area contributed by atoms with Gasteiger partial charge in [0.05, 0.1) is 7.11 Å². The Bertz CT molecular complexity index is 859. The largest absolute Gasteiger partial charge is 0.493 e. The molecule has 0 spiro atoms. The molecule has 0 radical (unpaired) electrons. The van der Waals surface area contributed by atoms with E-state index in [2.05, 4.69) is 22.0 Å². The summed E-state index contributed by atoms with van der Waals surface area (Å²) in [6, 6.07) is 9.58. The SMILES string of the molecule is COc1cccc2c1OCC(CN1CCC(Cc3ccc(=O)[nH]c3)CC1)=C2. The zero-order valence-corrected chi connectivity index (χ0v) is 15.7. The number of fused-ring (bicyclic) bond motifs is 1. The number of methoxy groups -OCH3 is 1. The summed E-state index contributed by atoms with van der Waals surface area (Å²) in [5.41, 5.74) is 3.61. The minimum Gasteiger partial charge on any atom is -0.493 e. The van der Waals surface area contributed by atoms with Gasteiger partial charge in [0.25, 0.3) is 0 Å². The van der Waals surface area contributed by atoms with Crippen molar-refractivity contribution in [3.8, 4) is 11.5 Å². The fourth-order valence-electron chi connectivity index (χ4n) is 4.02. The lowest BCUT2D eigenvalue weighted by Crippen LogP contribution is -2.36. The van der Waals surface area contributed by atoms with Crippen molar-refractivity contribution < 1.29 is 9.47 Å². The first-order valence-electron chi connectivity index (χ1n) is 9.60. The molecule has 4 rings (SSSR count). The van der Waals surface area contributed by atoms with E-state index in [-0.39, 0.29) is 5.56 Å². The number of hydrogen-bond donors (Lipinski definition) is 1. The van der Waals surface area contributed by atoms with Gasteiger partial charge in [-0.25, -0.2) is 0 Å². The van der Waals surface area contributed by atoms with Gasteiger partial charge >= 0.3 is 0 Å². The highest BCUT2D eigenvalue weighted by Crippen LogP contribution is 2.35. The molecule has 1 aromatic heterocycles. The van der Waals surface area contributed by atoms with E-state index in [1.54, 1.807) is 13.2 Å². The number of ether oxygens (including phenoxy) is 2. The molecule has 5 heteroatoms. The van der Waals surface area contributed by atoms with Crippen molar-refractivity contribution in [3.63, 3.8) is 0 Å². The van der Waals surface area contributed by atoms with Crippen molar-refractivity contribution >= 4 is 6.08 Å². The molecule has 1 N–H and O–H groups in total. The molecule has 3 heterocycles. The molecule has 27 heavy (non-hydrogen) atoms. The van der Waals surface area contributed by atoms with Crippen LogP contribution >= 0.6 is 0 Å². The number of pyridine rings is 1. The first-order chi connectivity index (χ1) is 13.2. The van der Waals surface area contributed by atoms with Crippen molar-refractivity contribution in [3.05, 3.63) is 63.6 Å². The normalized spacial score (nSPS) is 17.7. The van der Waals surface area contributed by atoms with Gasteiger partial charge in [-0.3, -0.25) is 9.69 Å². The van der Waals surface area contributed by atoms with Crippen LogP contribution in [0.2, 0.25) is 0 Å². The maximum atomic E-state index is 11.2.